The van der Waals surface area contributed by atoms with E-state index in [4.69, 9.17) is 0 Å². The van der Waals surface area contributed by atoms with E-state index >= 15 is 0 Å². The fraction of sp³-hybridized carbons (Fsp3) is 0.200. The first-order valence-electron chi connectivity index (χ1n) is 6.91. The van der Waals surface area contributed by atoms with Gasteiger partial charge in [0.2, 0.25) is 0 Å². The van der Waals surface area contributed by atoms with Gasteiger partial charge in [-0.1, -0.05) is 6.07 Å². The summed E-state index contributed by atoms with van der Waals surface area (Å²) in [5, 5.41) is 2.60. The number of hydrogen-bond acceptors (Lipinski definition) is 4. The third-order valence-electron chi connectivity index (χ3n) is 3.55. The molecule has 1 aromatic carbocycles. The van der Waals surface area contributed by atoms with Gasteiger partial charge in [0.1, 0.15) is 5.82 Å². The number of carbonyl (C=O) groups excluding carboxylic acids is 1. The Morgan fingerprint density at radius 1 is 1.39 bits per heavy atom. The maximum atomic E-state index is 13.3. The second-order valence-corrected chi connectivity index (χ2v) is 6.98. The largest absolute Gasteiger partial charge is 0.331 e. The van der Waals surface area contributed by atoms with E-state index in [1.807, 2.05) is 0 Å². The van der Waals surface area contributed by atoms with E-state index < -0.39 is 21.7 Å². The molecule has 1 aromatic rings. The number of amidine groups is 1. The summed E-state index contributed by atoms with van der Waals surface area (Å²) in [6, 6.07) is 4.06. The smallest absolute Gasteiger partial charge is 0.259 e. The van der Waals surface area contributed by atoms with Gasteiger partial charge in [0, 0.05) is 18.4 Å². The van der Waals surface area contributed by atoms with Gasteiger partial charge in [0.25, 0.3) is 15.9 Å². The molecule has 23 heavy (non-hydrogen) atoms. The maximum Gasteiger partial charge on any atom is 0.259 e. The second kappa shape index (κ2) is 5.62. The summed E-state index contributed by atoms with van der Waals surface area (Å²) in [7, 11) is -3.58. The summed E-state index contributed by atoms with van der Waals surface area (Å²) in [5.41, 5.74) is 1.15. The quantitative estimate of drug-likeness (QED) is 0.890. The summed E-state index contributed by atoms with van der Waals surface area (Å²) >= 11 is 0. The zero-order chi connectivity index (χ0) is 16.6. The number of benzene rings is 1. The zero-order valence-electron chi connectivity index (χ0n) is 12.3. The number of nitrogens with zero attached hydrogens (tertiary/aromatic N) is 2. The zero-order valence-corrected chi connectivity index (χ0v) is 13.1. The van der Waals surface area contributed by atoms with E-state index in [9.17, 15) is 17.6 Å². The molecule has 0 saturated heterocycles. The molecule has 2 aliphatic heterocycles. The van der Waals surface area contributed by atoms with Crippen molar-refractivity contribution in [2.75, 3.05) is 17.6 Å². The number of amides is 1. The Morgan fingerprint density at radius 3 is 2.96 bits per heavy atom. The minimum Gasteiger partial charge on any atom is -0.331 e. The van der Waals surface area contributed by atoms with Crippen LogP contribution in [-0.2, 0) is 14.8 Å². The molecule has 6 nitrogen and oxygen atoms in total. The minimum atomic E-state index is -3.58. The number of halogens is 1. The molecule has 8 heteroatoms. The molecule has 1 amide bonds. The SMILES string of the molecule is Cc1ccc(F)cc1NC(=O)C1=CC=CN2CCS(=O)(=O)N=C12. The Labute approximate surface area is 133 Å². The molecule has 0 fully saturated rings. The minimum absolute atomic E-state index is 0.0882. The molecule has 1 N–H and O–H groups in total. The van der Waals surface area contributed by atoms with Gasteiger partial charge in [-0.25, -0.2) is 12.8 Å². The molecule has 120 valence electrons. The second-order valence-electron chi connectivity index (χ2n) is 5.23. The van der Waals surface area contributed by atoms with Crippen LogP contribution < -0.4 is 5.32 Å². The van der Waals surface area contributed by atoms with Gasteiger partial charge in [0.05, 0.1) is 11.3 Å². The van der Waals surface area contributed by atoms with E-state index in [0.717, 1.165) is 0 Å². The first-order chi connectivity index (χ1) is 10.9. The number of carbonyl (C=O) groups is 1. The van der Waals surface area contributed by atoms with Gasteiger partial charge in [-0.3, -0.25) is 4.79 Å². The number of sulfonamides is 1. The average molecular weight is 335 g/mol. The Morgan fingerprint density at radius 2 is 2.17 bits per heavy atom. The van der Waals surface area contributed by atoms with Crippen LogP contribution in [-0.4, -0.2) is 37.4 Å². The first-order valence-corrected chi connectivity index (χ1v) is 8.52. The molecule has 3 rings (SSSR count). The molecule has 0 aliphatic carbocycles. The fourth-order valence-corrected chi connectivity index (χ4v) is 3.30. The molecular formula is C15H14FN3O3S. The highest BCUT2D eigenvalue weighted by atomic mass is 32.2. The number of anilines is 1. The van der Waals surface area contributed by atoms with Gasteiger partial charge in [-0.05, 0) is 36.8 Å². The van der Waals surface area contributed by atoms with Crippen molar-refractivity contribution in [3.8, 4) is 0 Å². The van der Waals surface area contributed by atoms with E-state index in [1.54, 1.807) is 30.2 Å². The third kappa shape index (κ3) is 3.16. The highest BCUT2D eigenvalue weighted by Crippen LogP contribution is 2.21. The molecule has 0 atom stereocenters. The van der Waals surface area contributed by atoms with Crippen LogP contribution in [0.4, 0.5) is 10.1 Å². The van der Waals surface area contributed by atoms with Gasteiger partial charge < -0.3 is 10.2 Å². The predicted molar refractivity (Wildman–Crippen MR) is 84.9 cm³/mol. The lowest BCUT2D eigenvalue weighted by Gasteiger charge is -2.28. The van der Waals surface area contributed by atoms with E-state index in [1.165, 1.54) is 18.2 Å². The Balaban J connectivity index is 1.92. The summed E-state index contributed by atoms with van der Waals surface area (Å²) < 4.78 is 40.4. The number of hydrogen-bond donors (Lipinski definition) is 1. The average Bonchev–Trinajstić information content (AvgIpc) is 2.49. The topological polar surface area (TPSA) is 78.8 Å². The highest BCUT2D eigenvalue weighted by molar-refractivity contribution is 7.90. The van der Waals surface area contributed by atoms with Crippen LogP contribution in [0.2, 0.25) is 0 Å². The van der Waals surface area contributed by atoms with Crippen LogP contribution in [0.15, 0.2) is 46.5 Å². The molecule has 2 aliphatic rings. The van der Waals surface area contributed by atoms with E-state index in [0.29, 0.717) is 11.3 Å². The number of nitrogens with one attached hydrogen (secondary N) is 1. The van der Waals surface area contributed by atoms with Crippen molar-refractivity contribution in [1.29, 1.82) is 0 Å². The summed E-state index contributed by atoms with van der Waals surface area (Å²) in [6.45, 7) is 1.97. The number of allylic oxidation sites excluding steroid dienone is 2. The standard InChI is InChI=1S/C15H14FN3O3S/c1-10-4-5-11(16)9-13(10)17-15(20)12-3-2-6-19-7-8-23(21,22)18-14(12)19/h2-6,9H,7-8H2,1H3,(H,17,20). The van der Waals surface area contributed by atoms with Crippen LogP contribution in [0.3, 0.4) is 0 Å². The lowest BCUT2D eigenvalue weighted by molar-refractivity contribution is -0.112. The monoisotopic (exact) mass is 335 g/mol. The Hall–Kier alpha value is -2.48. The molecule has 2 heterocycles. The predicted octanol–water partition coefficient (Wildman–Crippen LogP) is 1.57. The Kier molecular flexibility index (Phi) is 3.77. The summed E-state index contributed by atoms with van der Waals surface area (Å²) in [4.78, 5) is 14.1. The lowest BCUT2D eigenvalue weighted by atomic mass is 10.1. The lowest BCUT2D eigenvalue weighted by Crippen LogP contribution is -2.40. The molecule has 0 unspecified atom stereocenters. The van der Waals surface area contributed by atoms with Crippen molar-refractivity contribution in [2.24, 2.45) is 4.40 Å². The number of aryl methyl sites for hydroxylation is 1. The van der Waals surface area contributed by atoms with Crippen LogP contribution >= 0.6 is 0 Å². The van der Waals surface area contributed by atoms with Gasteiger partial charge in [0.15, 0.2) is 5.84 Å². The van der Waals surface area contributed by atoms with Crippen molar-refractivity contribution in [3.05, 3.63) is 53.5 Å². The van der Waals surface area contributed by atoms with Crippen molar-refractivity contribution >= 4 is 27.5 Å². The van der Waals surface area contributed by atoms with Crippen molar-refractivity contribution in [1.82, 2.24) is 4.90 Å². The number of fused-ring (bicyclic) bond motifs is 1. The maximum absolute atomic E-state index is 13.3. The van der Waals surface area contributed by atoms with Crippen LogP contribution in [0, 0.1) is 12.7 Å². The van der Waals surface area contributed by atoms with Crippen LogP contribution in [0.5, 0.6) is 0 Å². The fourth-order valence-electron chi connectivity index (χ4n) is 2.31. The van der Waals surface area contributed by atoms with Gasteiger partial charge in [-0.2, -0.15) is 0 Å². The molecule has 0 radical (unpaired) electrons. The van der Waals surface area contributed by atoms with Crippen molar-refractivity contribution < 1.29 is 17.6 Å². The molecular weight excluding hydrogens is 321 g/mol. The Bertz CT molecular complexity index is 872. The molecule has 0 aromatic heterocycles. The highest BCUT2D eigenvalue weighted by Gasteiger charge is 2.30. The number of rotatable bonds is 2. The van der Waals surface area contributed by atoms with Crippen LogP contribution in [0.25, 0.3) is 0 Å². The van der Waals surface area contributed by atoms with E-state index in [2.05, 4.69) is 9.71 Å². The molecule has 0 spiro atoms. The van der Waals surface area contributed by atoms with Gasteiger partial charge in [-0.15, -0.1) is 4.40 Å². The normalized spacial score (nSPS) is 18.8. The first kappa shape index (κ1) is 15.4. The van der Waals surface area contributed by atoms with Crippen LogP contribution in [0.1, 0.15) is 5.56 Å². The third-order valence-corrected chi connectivity index (χ3v) is 4.70. The van der Waals surface area contributed by atoms with Gasteiger partial charge >= 0.3 is 0 Å². The molecule has 0 saturated carbocycles. The van der Waals surface area contributed by atoms with Crippen molar-refractivity contribution in [3.63, 3.8) is 0 Å². The molecule has 0 bridgehead atoms. The summed E-state index contributed by atoms with van der Waals surface area (Å²) in [6.07, 6.45) is 4.79. The van der Waals surface area contributed by atoms with E-state index in [-0.39, 0.29) is 23.7 Å². The summed E-state index contributed by atoms with van der Waals surface area (Å²) in [5.74, 6) is -1.02. The van der Waals surface area contributed by atoms with Crippen molar-refractivity contribution in [2.45, 2.75) is 6.92 Å².